The summed E-state index contributed by atoms with van der Waals surface area (Å²) in [6, 6.07) is 8.04. The molecular weight excluding hydrogens is 302 g/mol. The summed E-state index contributed by atoms with van der Waals surface area (Å²) in [5.41, 5.74) is 1.19. The Hall–Kier alpha value is -2.30. The SMILES string of the molecule is CCC(=O)N(Cc1nccn1Cc1ccc(OC)cc1)CC1CC1. The number of carbonyl (C=O) groups excluding carboxylic acids is 1. The molecule has 0 spiro atoms. The third-order valence-corrected chi connectivity index (χ3v) is 4.48. The number of nitrogens with zero attached hydrogens (tertiary/aromatic N) is 3. The predicted octanol–water partition coefficient (Wildman–Crippen LogP) is 3.09. The van der Waals surface area contributed by atoms with Gasteiger partial charge in [-0.05, 0) is 36.5 Å². The van der Waals surface area contributed by atoms with Crippen molar-refractivity contribution in [2.75, 3.05) is 13.7 Å². The molecule has 24 heavy (non-hydrogen) atoms. The quantitative estimate of drug-likeness (QED) is 0.748. The first-order chi connectivity index (χ1) is 11.7. The van der Waals surface area contributed by atoms with Crippen molar-refractivity contribution in [3.8, 4) is 5.75 Å². The van der Waals surface area contributed by atoms with E-state index in [1.165, 1.54) is 18.4 Å². The number of amides is 1. The molecule has 1 aromatic heterocycles. The summed E-state index contributed by atoms with van der Waals surface area (Å²) in [6.45, 7) is 4.12. The molecule has 1 heterocycles. The minimum absolute atomic E-state index is 0.209. The number of methoxy groups -OCH3 is 1. The highest BCUT2D eigenvalue weighted by atomic mass is 16.5. The van der Waals surface area contributed by atoms with Crippen LogP contribution in [0.5, 0.6) is 5.75 Å². The molecule has 0 aliphatic heterocycles. The first-order valence-electron chi connectivity index (χ1n) is 8.60. The lowest BCUT2D eigenvalue weighted by Crippen LogP contribution is -2.33. The molecule has 1 aliphatic rings. The zero-order valence-electron chi connectivity index (χ0n) is 14.4. The van der Waals surface area contributed by atoms with E-state index in [1.54, 1.807) is 7.11 Å². The van der Waals surface area contributed by atoms with Crippen LogP contribution in [0, 0.1) is 5.92 Å². The van der Waals surface area contributed by atoms with Crippen molar-refractivity contribution >= 4 is 5.91 Å². The van der Waals surface area contributed by atoms with Gasteiger partial charge in [0, 0.05) is 31.9 Å². The van der Waals surface area contributed by atoms with Crippen LogP contribution in [0.1, 0.15) is 37.6 Å². The van der Waals surface area contributed by atoms with Crippen LogP contribution in [0.4, 0.5) is 0 Å². The predicted molar refractivity (Wildman–Crippen MR) is 92.8 cm³/mol. The van der Waals surface area contributed by atoms with Crippen molar-refractivity contribution in [2.45, 2.75) is 39.3 Å². The smallest absolute Gasteiger partial charge is 0.222 e. The number of ether oxygens (including phenoxy) is 1. The van der Waals surface area contributed by atoms with Crippen LogP contribution in [-0.4, -0.2) is 34.0 Å². The maximum Gasteiger partial charge on any atom is 0.222 e. The molecule has 1 saturated carbocycles. The normalized spacial score (nSPS) is 13.8. The van der Waals surface area contributed by atoms with Gasteiger partial charge in [0.05, 0.1) is 13.7 Å². The second-order valence-electron chi connectivity index (χ2n) is 6.39. The van der Waals surface area contributed by atoms with E-state index in [-0.39, 0.29) is 5.91 Å². The van der Waals surface area contributed by atoms with Gasteiger partial charge in [-0.2, -0.15) is 0 Å². The van der Waals surface area contributed by atoms with E-state index < -0.39 is 0 Å². The second-order valence-corrected chi connectivity index (χ2v) is 6.39. The maximum absolute atomic E-state index is 12.2. The van der Waals surface area contributed by atoms with E-state index >= 15 is 0 Å². The highest BCUT2D eigenvalue weighted by molar-refractivity contribution is 5.75. The number of rotatable bonds is 8. The zero-order valence-corrected chi connectivity index (χ0v) is 14.4. The van der Waals surface area contributed by atoms with Crippen LogP contribution in [0.3, 0.4) is 0 Å². The molecule has 1 fully saturated rings. The van der Waals surface area contributed by atoms with Crippen LogP contribution in [-0.2, 0) is 17.9 Å². The molecule has 5 heteroatoms. The van der Waals surface area contributed by atoms with Crippen molar-refractivity contribution in [3.05, 3.63) is 48.0 Å². The van der Waals surface area contributed by atoms with Crippen molar-refractivity contribution in [2.24, 2.45) is 5.92 Å². The molecule has 0 atom stereocenters. The van der Waals surface area contributed by atoms with Gasteiger partial charge in [0.25, 0.3) is 0 Å². The Morgan fingerprint density at radius 3 is 2.71 bits per heavy atom. The van der Waals surface area contributed by atoms with Crippen molar-refractivity contribution in [3.63, 3.8) is 0 Å². The Bertz CT molecular complexity index is 674. The molecular formula is C19H25N3O2. The molecule has 1 aromatic carbocycles. The van der Waals surface area contributed by atoms with Crippen molar-refractivity contribution in [1.29, 1.82) is 0 Å². The van der Waals surface area contributed by atoms with Gasteiger partial charge in [0.1, 0.15) is 11.6 Å². The number of hydrogen-bond donors (Lipinski definition) is 0. The summed E-state index contributed by atoms with van der Waals surface area (Å²) in [4.78, 5) is 18.7. The van der Waals surface area contributed by atoms with E-state index in [9.17, 15) is 4.79 Å². The largest absolute Gasteiger partial charge is 0.497 e. The first-order valence-corrected chi connectivity index (χ1v) is 8.60. The Morgan fingerprint density at radius 2 is 2.08 bits per heavy atom. The number of benzene rings is 1. The van der Waals surface area contributed by atoms with E-state index in [2.05, 4.69) is 21.7 Å². The molecule has 128 valence electrons. The highest BCUT2D eigenvalue weighted by Crippen LogP contribution is 2.30. The Morgan fingerprint density at radius 1 is 1.33 bits per heavy atom. The number of imidazole rings is 1. The fourth-order valence-electron chi connectivity index (χ4n) is 2.82. The summed E-state index contributed by atoms with van der Waals surface area (Å²) in [5.74, 6) is 2.69. The highest BCUT2D eigenvalue weighted by Gasteiger charge is 2.27. The lowest BCUT2D eigenvalue weighted by atomic mass is 10.2. The average Bonchev–Trinajstić information content (AvgIpc) is 3.33. The van der Waals surface area contributed by atoms with Crippen LogP contribution in [0.15, 0.2) is 36.7 Å². The topological polar surface area (TPSA) is 47.4 Å². The summed E-state index contributed by atoms with van der Waals surface area (Å²) >= 11 is 0. The number of carbonyl (C=O) groups is 1. The van der Waals surface area contributed by atoms with Gasteiger partial charge in [0.15, 0.2) is 0 Å². The van der Waals surface area contributed by atoms with Gasteiger partial charge in [0.2, 0.25) is 5.91 Å². The molecule has 2 aromatic rings. The minimum atomic E-state index is 0.209. The van der Waals surface area contributed by atoms with E-state index in [1.807, 2.05) is 36.4 Å². The lowest BCUT2D eigenvalue weighted by molar-refractivity contribution is -0.131. The Kier molecular flexibility index (Phi) is 5.18. The standard InChI is InChI=1S/C19H25N3O2/c1-3-19(23)22(13-15-4-5-15)14-18-20-10-11-21(18)12-16-6-8-17(24-2)9-7-16/h6-11,15H,3-5,12-14H2,1-2H3. The minimum Gasteiger partial charge on any atom is -0.497 e. The third kappa shape index (κ3) is 4.16. The number of hydrogen-bond acceptors (Lipinski definition) is 3. The van der Waals surface area contributed by atoms with Gasteiger partial charge >= 0.3 is 0 Å². The maximum atomic E-state index is 12.2. The molecule has 3 rings (SSSR count). The average molecular weight is 327 g/mol. The fraction of sp³-hybridized carbons (Fsp3) is 0.474. The zero-order chi connectivity index (χ0) is 16.9. The van der Waals surface area contributed by atoms with Gasteiger partial charge in [-0.1, -0.05) is 19.1 Å². The van der Waals surface area contributed by atoms with Gasteiger partial charge in [-0.25, -0.2) is 4.98 Å². The van der Waals surface area contributed by atoms with Crippen molar-refractivity contribution < 1.29 is 9.53 Å². The Labute approximate surface area is 143 Å². The van der Waals surface area contributed by atoms with E-state index in [0.29, 0.717) is 18.9 Å². The van der Waals surface area contributed by atoms with E-state index in [4.69, 9.17) is 4.74 Å². The van der Waals surface area contributed by atoms with Crippen LogP contribution < -0.4 is 4.74 Å². The van der Waals surface area contributed by atoms with Gasteiger partial charge in [-0.3, -0.25) is 4.79 Å². The molecule has 0 unspecified atom stereocenters. The van der Waals surface area contributed by atoms with Crippen molar-refractivity contribution in [1.82, 2.24) is 14.5 Å². The number of aromatic nitrogens is 2. The summed E-state index contributed by atoms with van der Waals surface area (Å²) in [5, 5.41) is 0. The Balaban J connectivity index is 1.69. The molecule has 0 radical (unpaired) electrons. The third-order valence-electron chi connectivity index (χ3n) is 4.48. The molecule has 0 bridgehead atoms. The molecule has 0 saturated heterocycles. The molecule has 1 amide bonds. The van der Waals surface area contributed by atoms with Crippen LogP contribution in [0.25, 0.3) is 0 Å². The van der Waals surface area contributed by atoms with Gasteiger partial charge < -0.3 is 14.2 Å². The lowest BCUT2D eigenvalue weighted by Gasteiger charge is -2.22. The van der Waals surface area contributed by atoms with Crippen LogP contribution in [0.2, 0.25) is 0 Å². The molecule has 5 nitrogen and oxygen atoms in total. The van der Waals surface area contributed by atoms with Crippen LogP contribution >= 0.6 is 0 Å². The monoisotopic (exact) mass is 327 g/mol. The van der Waals surface area contributed by atoms with Gasteiger partial charge in [-0.15, -0.1) is 0 Å². The first kappa shape index (κ1) is 16.6. The fourth-order valence-corrected chi connectivity index (χ4v) is 2.82. The second kappa shape index (κ2) is 7.51. The summed E-state index contributed by atoms with van der Waals surface area (Å²) < 4.78 is 7.31. The summed E-state index contributed by atoms with van der Waals surface area (Å²) in [7, 11) is 1.67. The summed E-state index contributed by atoms with van der Waals surface area (Å²) in [6.07, 6.45) is 6.82. The molecule has 1 aliphatic carbocycles. The molecule has 0 N–H and O–H groups in total. The van der Waals surface area contributed by atoms with E-state index in [0.717, 1.165) is 24.7 Å².